The Morgan fingerprint density at radius 2 is 1.83 bits per heavy atom. The molecule has 1 fully saturated rings. The molecule has 4 aromatic rings. The van der Waals surface area contributed by atoms with Gasteiger partial charge in [-0.15, -0.1) is 0 Å². The van der Waals surface area contributed by atoms with Gasteiger partial charge in [0.2, 0.25) is 11.4 Å². The van der Waals surface area contributed by atoms with Crippen molar-refractivity contribution in [3.8, 4) is 11.3 Å². The molecule has 144 valence electrons. The molecule has 0 spiro atoms. The van der Waals surface area contributed by atoms with E-state index in [1.165, 1.54) is 43.2 Å². The highest BCUT2D eigenvalue weighted by Crippen LogP contribution is 2.43. The number of aromatic nitrogens is 1. The van der Waals surface area contributed by atoms with Crippen molar-refractivity contribution in [2.45, 2.75) is 44.9 Å². The summed E-state index contributed by atoms with van der Waals surface area (Å²) < 4.78 is 8.53. The fourth-order valence-corrected chi connectivity index (χ4v) is 4.90. The van der Waals surface area contributed by atoms with Crippen molar-refractivity contribution in [2.75, 3.05) is 0 Å². The molecule has 3 nitrogen and oxygen atoms in total. The fourth-order valence-electron chi connectivity index (χ4n) is 4.90. The zero-order valence-corrected chi connectivity index (χ0v) is 17.0. The van der Waals surface area contributed by atoms with E-state index in [1.807, 2.05) is 6.07 Å². The minimum absolute atomic E-state index is 0.565. The average Bonchev–Trinajstić information content (AvgIpc) is 3.13. The zero-order valence-electron chi connectivity index (χ0n) is 17.0. The second-order valence-electron chi connectivity index (χ2n) is 8.30. The molecule has 3 heteroatoms. The van der Waals surface area contributed by atoms with Gasteiger partial charge in [0.25, 0.3) is 0 Å². The van der Waals surface area contributed by atoms with Gasteiger partial charge in [-0.1, -0.05) is 37.0 Å². The minimum Gasteiger partial charge on any atom is -0.466 e. The van der Waals surface area contributed by atoms with E-state index in [2.05, 4.69) is 66.0 Å². The third-order valence-corrected chi connectivity index (χ3v) is 6.46. The second kappa shape index (κ2) is 7.04. The van der Waals surface area contributed by atoms with Crippen LogP contribution in [0.2, 0.25) is 0 Å². The van der Waals surface area contributed by atoms with E-state index in [-0.39, 0.29) is 0 Å². The molecule has 0 N–H and O–H groups in total. The molecule has 0 saturated heterocycles. The number of nitrogens with zero attached hydrogens (tertiary/aromatic N) is 2. The molecule has 0 atom stereocenters. The van der Waals surface area contributed by atoms with E-state index in [0.717, 1.165) is 33.2 Å². The molecule has 5 rings (SSSR count). The van der Waals surface area contributed by atoms with Crippen LogP contribution in [-0.2, 0) is 7.05 Å². The van der Waals surface area contributed by atoms with Crippen LogP contribution in [-0.4, -0.2) is 0 Å². The molecule has 0 amide bonds. The van der Waals surface area contributed by atoms with E-state index in [0.29, 0.717) is 11.6 Å². The monoisotopic (exact) mass is 381 g/mol. The summed E-state index contributed by atoms with van der Waals surface area (Å²) in [4.78, 5) is 3.84. The van der Waals surface area contributed by atoms with Gasteiger partial charge in [0, 0.05) is 22.9 Å². The minimum atomic E-state index is 0.565. The molecule has 0 aliphatic heterocycles. The van der Waals surface area contributed by atoms with Crippen LogP contribution in [0.4, 0.5) is 5.69 Å². The summed E-state index contributed by atoms with van der Waals surface area (Å²) in [5.41, 5.74) is 6.95. The smallest absolute Gasteiger partial charge is 0.229 e. The van der Waals surface area contributed by atoms with Crippen LogP contribution in [0.5, 0.6) is 0 Å². The quantitative estimate of drug-likeness (QED) is 0.271. The van der Waals surface area contributed by atoms with E-state index >= 15 is 0 Å². The van der Waals surface area contributed by atoms with Gasteiger partial charge in [-0.05, 0) is 49.4 Å². The summed E-state index contributed by atoms with van der Waals surface area (Å²) in [6, 6.07) is 14.9. The standard InChI is InChI=1S/C26H25N2O/c1-17-12-13-20-21-15-19(18-9-5-4-6-10-18)16-22(27-2)25(21)29-26(20)24(17)23-11-7-8-14-28(23)3/h7-8,11-16,18H,4-6,9-10H2,1,3H3/q+1. The van der Waals surface area contributed by atoms with Crippen LogP contribution in [0.25, 0.3) is 38.0 Å². The largest absolute Gasteiger partial charge is 0.466 e. The lowest BCUT2D eigenvalue weighted by Gasteiger charge is -2.22. The number of rotatable bonds is 2. The van der Waals surface area contributed by atoms with Crippen molar-refractivity contribution < 1.29 is 8.98 Å². The molecule has 2 heterocycles. The van der Waals surface area contributed by atoms with Gasteiger partial charge in [0.05, 0.1) is 12.1 Å². The SMILES string of the molecule is [C-]#[N+]c1cc(C2CCCCC2)cc2c1oc1c(-c3cccc[n+]3C)c(C)ccc12. The predicted molar refractivity (Wildman–Crippen MR) is 117 cm³/mol. The molecule has 2 aromatic heterocycles. The highest BCUT2D eigenvalue weighted by atomic mass is 16.3. The molecule has 1 aliphatic rings. The van der Waals surface area contributed by atoms with Crippen LogP contribution in [0.3, 0.4) is 0 Å². The number of hydrogen-bond donors (Lipinski definition) is 0. The Morgan fingerprint density at radius 1 is 1.00 bits per heavy atom. The van der Waals surface area contributed by atoms with Crippen molar-refractivity contribution in [1.29, 1.82) is 0 Å². The number of fused-ring (bicyclic) bond motifs is 3. The van der Waals surface area contributed by atoms with Crippen molar-refractivity contribution in [1.82, 2.24) is 0 Å². The van der Waals surface area contributed by atoms with Crippen LogP contribution in [0.1, 0.15) is 49.1 Å². The molecule has 0 unspecified atom stereocenters. The summed E-state index contributed by atoms with van der Waals surface area (Å²) in [6.07, 6.45) is 8.42. The van der Waals surface area contributed by atoms with E-state index < -0.39 is 0 Å². The van der Waals surface area contributed by atoms with Gasteiger partial charge in [-0.25, -0.2) is 9.41 Å². The summed E-state index contributed by atoms with van der Waals surface area (Å²) in [7, 11) is 2.06. The number of pyridine rings is 1. The molecule has 0 bridgehead atoms. The molecule has 1 aliphatic carbocycles. The first-order valence-corrected chi connectivity index (χ1v) is 10.5. The predicted octanol–water partition coefficient (Wildman–Crippen LogP) is 6.98. The molecule has 0 radical (unpaired) electrons. The summed E-state index contributed by atoms with van der Waals surface area (Å²) in [5, 5.41) is 2.18. The molecule has 1 saturated carbocycles. The van der Waals surface area contributed by atoms with Crippen molar-refractivity contribution >= 4 is 27.6 Å². The third-order valence-electron chi connectivity index (χ3n) is 6.46. The topological polar surface area (TPSA) is 21.4 Å². The van der Waals surface area contributed by atoms with Gasteiger partial charge in [-0.3, -0.25) is 0 Å². The summed E-state index contributed by atoms with van der Waals surface area (Å²) in [6.45, 7) is 9.89. The number of hydrogen-bond acceptors (Lipinski definition) is 1. The van der Waals surface area contributed by atoms with E-state index in [9.17, 15) is 0 Å². The Morgan fingerprint density at radius 3 is 2.59 bits per heavy atom. The molecular weight excluding hydrogens is 356 g/mol. The normalized spacial score (nSPS) is 15.1. The highest BCUT2D eigenvalue weighted by molar-refractivity contribution is 6.13. The highest BCUT2D eigenvalue weighted by Gasteiger charge is 2.23. The average molecular weight is 381 g/mol. The Kier molecular flexibility index (Phi) is 4.36. The fraction of sp³-hybridized carbons (Fsp3) is 0.308. The van der Waals surface area contributed by atoms with Crippen molar-refractivity contribution in [2.24, 2.45) is 7.05 Å². The first-order valence-electron chi connectivity index (χ1n) is 10.5. The Labute approximate surface area is 171 Å². The lowest BCUT2D eigenvalue weighted by Crippen LogP contribution is -2.30. The summed E-state index contributed by atoms with van der Waals surface area (Å²) >= 11 is 0. The van der Waals surface area contributed by atoms with E-state index in [1.54, 1.807) is 0 Å². The van der Waals surface area contributed by atoms with Gasteiger partial charge >= 0.3 is 0 Å². The second-order valence-corrected chi connectivity index (χ2v) is 8.30. The van der Waals surface area contributed by atoms with Crippen LogP contribution < -0.4 is 4.57 Å². The lowest BCUT2D eigenvalue weighted by atomic mass is 9.83. The molecule has 29 heavy (non-hydrogen) atoms. The maximum absolute atomic E-state index is 7.76. The van der Waals surface area contributed by atoms with Crippen LogP contribution in [0, 0.1) is 13.5 Å². The molecular formula is C26H25N2O+. The maximum atomic E-state index is 7.76. The first kappa shape index (κ1) is 17.9. The van der Waals surface area contributed by atoms with Gasteiger partial charge in [-0.2, -0.15) is 0 Å². The third kappa shape index (κ3) is 2.91. The van der Waals surface area contributed by atoms with E-state index in [4.69, 9.17) is 11.0 Å². The Bertz CT molecular complexity index is 1270. The van der Waals surface area contributed by atoms with Crippen molar-refractivity contribution in [3.05, 3.63) is 71.2 Å². The van der Waals surface area contributed by atoms with Gasteiger partial charge in [0.15, 0.2) is 6.20 Å². The zero-order chi connectivity index (χ0) is 20.0. The summed E-state index contributed by atoms with van der Waals surface area (Å²) in [5.74, 6) is 0.565. The number of benzene rings is 2. The first-order chi connectivity index (χ1) is 14.2. The van der Waals surface area contributed by atoms with Crippen LogP contribution in [0.15, 0.2) is 53.1 Å². The number of aryl methyl sites for hydroxylation is 2. The van der Waals surface area contributed by atoms with Crippen molar-refractivity contribution in [3.63, 3.8) is 0 Å². The Balaban J connectivity index is 1.81. The lowest BCUT2D eigenvalue weighted by molar-refractivity contribution is -0.660. The van der Waals surface area contributed by atoms with Gasteiger partial charge < -0.3 is 4.42 Å². The molecule has 2 aromatic carbocycles. The Hall–Kier alpha value is -3.12. The maximum Gasteiger partial charge on any atom is 0.229 e. The van der Waals surface area contributed by atoms with Crippen LogP contribution >= 0.6 is 0 Å². The number of furan rings is 1. The van der Waals surface area contributed by atoms with Gasteiger partial charge in [0.1, 0.15) is 18.2 Å².